The molecule has 12 nitrogen and oxygen atoms in total. The Bertz CT molecular complexity index is 1040. The van der Waals surface area contributed by atoms with Crippen LogP contribution in [0.15, 0.2) is 60.8 Å². The van der Waals surface area contributed by atoms with E-state index in [1.165, 1.54) is 0 Å². The molecule has 0 heterocycles. The molecule has 8 N–H and O–H groups in total. The van der Waals surface area contributed by atoms with Crippen LogP contribution in [0.1, 0.15) is 58.3 Å². The minimum atomic E-state index is -1.46. The Morgan fingerprint density at radius 3 is 2.02 bits per heavy atom. The van der Waals surface area contributed by atoms with Crippen LogP contribution in [-0.4, -0.2) is 90.8 Å². The molecule has 4 atom stereocenters. The van der Waals surface area contributed by atoms with Crippen molar-refractivity contribution in [2.75, 3.05) is 12.3 Å². The van der Waals surface area contributed by atoms with Crippen LogP contribution < -0.4 is 11.5 Å². The highest BCUT2D eigenvalue weighted by atomic mass is 32.2. The first-order valence-electron chi connectivity index (χ1n) is 14.0. The number of nitrogens with zero attached hydrogens (tertiary/aromatic N) is 1. The van der Waals surface area contributed by atoms with Crippen LogP contribution in [0.3, 0.4) is 0 Å². The first kappa shape index (κ1) is 39.5. The van der Waals surface area contributed by atoms with E-state index in [0.29, 0.717) is 4.90 Å². The van der Waals surface area contributed by atoms with Gasteiger partial charge in [-0.25, -0.2) is 0 Å². The van der Waals surface area contributed by atoms with Gasteiger partial charge in [0, 0.05) is 23.8 Å². The van der Waals surface area contributed by atoms with Crippen molar-refractivity contribution in [3.8, 4) is 0 Å². The van der Waals surface area contributed by atoms with Crippen LogP contribution in [0.5, 0.6) is 0 Å². The van der Waals surface area contributed by atoms with Crippen LogP contribution in [0.25, 0.3) is 0 Å². The van der Waals surface area contributed by atoms with Crippen molar-refractivity contribution < 1.29 is 44.4 Å². The van der Waals surface area contributed by atoms with Crippen molar-refractivity contribution in [3.63, 3.8) is 0 Å². The molecule has 240 valence electrons. The Balaban J connectivity index is 5.32. The second-order valence-electron chi connectivity index (χ2n) is 9.47. The zero-order valence-electron chi connectivity index (χ0n) is 24.5. The number of hydrogen-bond acceptors (Lipinski definition) is 9. The summed E-state index contributed by atoms with van der Waals surface area (Å²) < 4.78 is 0. The minimum Gasteiger partial charge on any atom is -0.481 e. The van der Waals surface area contributed by atoms with Crippen molar-refractivity contribution in [2.45, 2.75) is 81.7 Å². The number of aliphatic hydroxyl groups is 1. The van der Waals surface area contributed by atoms with Crippen LogP contribution in [0.2, 0.25) is 0 Å². The van der Waals surface area contributed by atoms with Gasteiger partial charge in [-0.15, -0.1) is 11.8 Å². The number of carboxylic acids is 3. The van der Waals surface area contributed by atoms with E-state index < -0.39 is 66.1 Å². The first-order valence-corrected chi connectivity index (χ1v) is 15.1. The summed E-state index contributed by atoms with van der Waals surface area (Å²) in [5, 5.41) is 37.1. The Labute approximate surface area is 256 Å². The fourth-order valence-corrected chi connectivity index (χ4v) is 4.57. The Hall–Kier alpha value is -3.52. The molecule has 43 heavy (non-hydrogen) atoms. The number of hydrogen-bond donors (Lipinski definition) is 6. The fraction of sp³-hybridized carbons (Fsp3) is 0.500. The topological polar surface area (TPSA) is 222 Å². The number of aliphatic hydroxyl groups excluding tert-OH is 1. The second kappa shape index (κ2) is 24.0. The number of thioether (sulfide) groups is 1. The molecule has 2 amide bonds. The molecule has 0 aromatic rings. The van der Waals surface area contributed by atoms with Gasteiger partial charge in [-0.05, 0) is 38.5 Å². The van der Waals surface area contributed by atoms with Gasteiger partial charge in [0.1, 0.15) is 12.6 Å². The average Bonchev–Trinajstić information content (AvgIpc) is 2.95. The third kappa shape index (κ3) is 20.1. The molecule has 0 saturated carbocycles. The number of amides is 2. The van der Waals surface area contributed by atoms with Crippen LogP contribution >= 0.6 is 11.8 Å². The highest BCUT2D eigenvalue weighted by Crippen LogP contribution is 2.22. The quantitative estimate of drug-likeness (QED) is 0.0714. The van der Waals surface area contributed by atoms with Gasteiger partial charge in [0.25, 0.3) is 0 Å². The third-order valence-electron chi connectivity index (χ3n) is 5.79. The van der Waals surface area contributed by atoms with E-state index in [4.69, 9.17) is 21.7 Å². The Morgan fingerprint density at radius 2 is 1.42 bits per heavy atom. The summed E-state index contributed by atoms with van der Waals surface area (Å²) in [4.78, 5) is 58.9. The predicted molar refractivity (Wildman–Crippen MR) is 166 cm³/mol. The van der Waals surface area contributed by atoms with Gasteiger partial charge in [0.15, 0.2) is 0 Å². The number of imide groups is 1. The fourth-order valence-electron chi connectivity index (χ4n) is 3.44. The standard InChI is InChI=1S/C30H45N3O9S/c1-2-3-4-5-6-7-8-9-10-11-12-13-16-25(24(34)15-14-17-27(36)37)43-21-23(32)29(40)33(20-28(38)39)26(35)19-18-22(31)30(41)42/h3-4,6-7,9-13,16,22-25,34H,2,5,8,14-15,17-21,31-32H2,1H3,(H,36,37)(H,38,39)(H,41,42)/b4-3-,7-6-,10-9-,12-11+,16-13+/t22-,23-,24-,25?/m0/s1. The molecular formula is C30H45N3O9S. The van der Waals surface area contributed by atoms with Gasteiger partial charge in [0.2, 0.25) is 11.8 Å². The van der Waals surface area contributed by atoms with E-state index in [2.05, 4.69) is 31.2 Å². The maximum absolute atomic E-state index is 12.9. The molecule has 0 aromatic heterocycles. The second-order valence-corrected chi connectivity index (χ2v) is 10.7. The molecule has 0 aliphatic carbocycles. The molecule has 1 unspecified atom stereocenters. The number of aliphatic carboxylic acids is 3. The van der Waals surface area contributed by atoms with Crippen molar-refractivity contribution in [1.29, 1.82) is 0 Å². The molecule has 0 fully saturated rings. The zero-order valence-corrected chi connectivity index (χ0v) is 25.3. The van der Waals surface area contributed by atoms with Gasteiger partial charge in [-0.2, -0.15) is 0 Å². The molecule has 0 aliphatic rings. The summed E-state index contributed by atoms with van der Waals surface area (Å²) in [6.45, 7) is 1.12. The van der Waals surface area contributed by atoms with Gasteiger partial charge in [-0.1, -0.05) is 67.7 Å². The number of carbonyl (C=O) groups excluding carboxylic acids is 2. The number of carbonyl (C=O) groups is 5. The molecule has 0 bridgehead atoms. The smallest absolute Gasteiger partial charge is 0.323 e. The average molecular weight is 624 g/mol. The van der Waals surface area contributed by atoms with E-state index in [9.17, 15) is 34.2 Å². The lowest BCUT2D eigenvalue weighted by molar-refractivity contribution is -0.153. The summed E-state index contributed by atoms with van der Waals surface area (Å²) in [5.74, 6) is -5.77. The van der Waals surface area contributed by atoms with Crippen molar-refractivity contribution in [1.82, 2.24) is 4.90 Å². The monoisotopic (exact) mass is 623 g/mol. The van der Waals surface area contributed by atoms with E-state index in [-0.39, 0.29) is 31.4 Å². The largest absolute Gasteiger partial charge is 0.481 e. The third-order valence-corrected chi connectivity index (χ3v) is 7.19. The number of nitrogens with two attached hydrogens (primary N) is 2. The molecular weight excluding hydrogens is 578 g/mol. The Kier molecular flexibility index (Phi) is 22.0. The first-order chi connectivity index (χ1) is 20.4. The Morgan fingerprint density at radius 1 is 0.791 bits per heavy atom. The van der Waals surface area contributed by atoms with Crippen molar-refractivity contribution >= 4 is 41.5 Å². The number of allylic oxidation sites excluding steroid dienone is 9. The zero-order chi connectivity index (χ0) is 32.6. The normalized spacial score (nSPS) is 15.0. The van der Waals surface area contributed by atoms with Gasteiger partial charge in [-0.3, -0.25) is 28.9 Å². The van der Waals surface area contributed by atoms with Gasteiger partial charge >= 0.3 is 17.9 Å². The van der Waals surface area contributed by atoms with E-state index in [0.717, 1.165) is 31.0 Å². The summed E-state index contributed by atoms with van der Waals surface area (Å²) in [5.41, 5.74) is 11.4. The molecule has 0 aliphatic heterocycles. The summed E-state index contributed by atoms with van der Waals surface area (Å²) in [6.07, 6.45) is 20.4. The highest BCUT2D eigenvalue weighted by Gasteiger charge is 2.30. The van der Waals surface area contributed by atoms with Crippen LogP contribution in [0, 0.1) is 0 Å². The van der Waals surface area contributed by atoms with E-state index >= 15 is 0 Å². The maximum Gasteiger partial charge on any atom is 0.323 e. The van der Waals surface area contributed by atoms with Gasteiger partial charge < -0.3 is 31.9 Å². The van der Waals surface area contributed by atoms with Crippen LogP contribution in [0.4, 0.5) is 0 Å². The van der Waals surface area contributed by atoms with Crippen molar-refractivity contribution in [2.24, 2.45) is 11.5 Å². The summed E-state index contributed by atoms with van der Waals surface area (Å²) >= 11 is 1.10. The molecule has 0 spiro atoms. The molecule has 0 aromatic carbocycles. The van der Waals surface area contributed by atoms with E-state index in [1.54, 1.807) is 24.3 Å². The SMILES string of the molecule is CC/C=C\C/C=C\C\C=C/C=C/C=C/C(SC[C@H](N)C(=O)N(CC(=O)O)C(=O)CC[C@H](N)C(=O)O)[C@@H](O)CCCC(=O)O. The molecule has 0 radical (unpaired) electrons. The summed E-state index contributed by atoms with van der Waals surface area (Å²) in [6, 6.07) is -2.67. The van der Waals surface area contributed by atoms with Gasteiger partial charge in [0.05, 0.1) is 12.1 Å². The lowest BCUT2D eigenvalue weighted by Gasteiger charge is -2.25. The van der Waals surface area contributed by atoms with E-state index in [1.807, 2.05) is 12.2 Å². The van der Waals surface area contributed by atoms with Crippen LogP contribution in [-0.2, 0) is 24.0 Å². The molecule has 0 saturated heterocycles. The maximum atomic E-state index is 12.9. The molecule has 0 rings (SSSR count). The number of carboxylic acid groups (broad SMARTS) is 3. The molecule has 13 heteroatoms. The summed E-state index contributed by atoms with van der Waals surface area (Å²) in [7, 11) is 0. The number of rotatable bonds is 23. The predicted octanol–water partition coefficient (Wildman–Crippen LogP) is 2.63. The lowest BCUT2D eigenvalue weighted by atomic mass is 10.1. The minimum absolute atomic E-state index is 0.0920. The van der Waals surface area contributed by atoms with Crippen molar-refractivity contribution in [3.05, 3.63) is 60.8 Å². The highest BCUT2D eigenvalue weighted by molar-refractivity contribution is 8.00. The lowest BCUT2D eigenvalue weighted by Crippen LogP contribution is -2.50.